The maximum absolute atomic E-state index is 6.16. The van der Waals surface area contributed by atoms with Gasteiger partial charge in [-0.25, -0.2) is 9.97 Å². The number of unbranched alkanes of at least 4 members (excludes halogenated alkanes) is 3. The molecular weight excluding hydrogens is 705 g/mol. The molecule has 0 saturated carbocycles. The molecule has 0 atom stereocenters. The van der Waals surface area contributed by atoms with E-state index < -0.39 is 0 Å². The van der Waals surface area contributed by atoms with Gasteiger partial charge in [-0.3, -0.25) is 0 Å². The molecule has 0 saturated heterocycles. The fourth-order valence-corrected chi connectivity index (χ4v) is 7.93. The molecule has 6 heteroatoms. The highest BCUT2D eigenvalue weighted by molar-refractivity contribution is 7.80. The van der Waals surface area contributed by atoms with Gasteiger partial charge in [0, 0.05) is 44.3 Å². The molecule has 0 spiro atoms. The lowest BCUT2D eigenvalue weighted by Crippen LogP contribution is -1.97. The zero-order valence-electron chi connectivity index (χ0n) is 31.1. The Balaban J connectivity index is 1.32. The number of thiol groups is 1. The van der Waals surface area contributed by atoms with E-state index in [1.165, 1.54) is 6.42 Å². The van der Waals surface area contributed by atoms with Crippen molar-refractivity contribution in [2.24, 2.45) is 0 Å². The van der Waals surface area contributed by atoms with Crippen LogP contribution in [0.4, 0.5) is 0 Å². The van der Waals surface area contributed by atoms with Gasteiger partial charge in [-0.05, 0) is 102 Å². The molecular formula is C50H42N4OS. The molecule has 8 bridgehead atoms. The normalized spacial score (nSPS) is 11.9. The van der Waals surface area contributed by atoms with Gasteiger partial charge in [0.05, 0.1) is 29.4 Å². The molecule has 5 nitrogen and oxygen atoms in total. The smallest absolute Gasteiger partial charge is 0.119 e. The van der Waals surface area contributed by atoms with Crippen LogP contribution in [0.3, 0.4) is 0 Å². The number of hydrogen-bond donors (Lipinski definition) is 3. The molecule has 5 heterocycles. The maximum Gasteiger partial charge on any atom is 0.119 e. The highest BCUT2D eigenvalue weighted by atomic mass is 32.1. The molecule has 2 N–H and O–H groups in total. The van der Waals surface area contributed by atoms with Gasteiger partial charge in [-0.15, -0.1) is 0 Å². The van der Waals surface area contributed by atoms with Gasteiger partial charge < -0.3 is 14.7 Å². The number of benzene rings is 4. The van der Waals surface area contributed by atoms with Gasteiger partial charge in [-0.1, -0.05) is 116 Å². The van der Waals surface area contributed by atoms with Crippen molar-refractivity contribution >= 4 is 59.0 Å². The van der Waals surface area contributed by atoms with Crippen molar-refractivity contribution in [2.45, 2.75) is 25.7 Å². The number of aromatic amines is 2. The first-order chi connectivity index (χ1) is 27.7. The van der Waals surface area contributed by atoms with Crippen LogP contribution < -0.4 is 4.74 Å². The summed E-state index contributed by atoms with van der Waals surface area (Å²) in [5.74, 6) is 1.80. The van der Waals surface area contributed by atoms with Gasteiger partial charge >= 0.3 is 0 Å². The molecule has 9 rings (SSSR count). The van der Waals surface area contributed by atoms with Crippen LogP contribution in [0.5, 0.6) is 5.75 Å². The maximum atomic E-state index is 6.16. The van der Waals surface area contributed by atoms with Crippen molar-refractivity contribution in [3.05, 3.63) is 162 Å². The Morgan fingerprint density at radius 3 is 1.12 bits per heavy atom. The van der Waals surface area contributed by atoms with Crippen LogP contribution in [0.2, 0.25) is 0 Å². The Morgan fingerprint density at radius 2 is 0.750 bits per heavy atom. The molecule has 0 amide bonds. The average molecular weight is 747 g/mol. The van der Waals surface area contributed by atoms with Crippen LogP contribution in [0.25, 0.3) is 90.9 Å². The average Bonchev–Trinajstić information content (AvgIpc) is 4.09. The van der Waals surface area contributed by atoms with E-state index in [4.69, 9.17) is 14.7 Å². The molecule has 0 fully saturated rings. The number of ether oxygens (including phenoxy) is 1. The highest BCUT2D eigenvalue weighted by Crippen LogP contribution is 2.38. The van der Waals surface area contributed by atoms with E-state index in [2.05, 4.69) is 186 Å². The first-order valence-corrected chi connectivity index (χ1v) is 20.0. The van der Waals surface area contributed by atoms with Crippen molar-refractivity contribution in [3.63, 3.8) is 0 Å². The lowest BCUT2D eigenvalue weighted by atomic mass is 10.0. The largest absolute Gasteiger partial charge is 0.494 e. The van der Waals surface area contributed by atoms with E-state index in [1.807, 2.05) is 0 Å². The predicted molar refractivity (Wildman–Crippen MR) is 238 cm³/mol. The first-order valence-electron chi connectivity index (χ1n) is 19.4. The van der Waals surface area contributed by atoms with Crippen molar-refractivity contribution in [2.75, 3.05) is 12.4 Å². The third-order valence-electron chi connectivity index (χ3n) is 10.4. The Bertz CT molecular complexity index is 2680. The third kappa shape index (κ3) is 7.24. The zero-order chi connectivity index (χ0) is 37.7. The summed E-state index contributed by atoms with van der Waals surface area (Å²) >= 11 is 4.34. The Morgan fingerprint density at radius 1 is 0.393 bits per heavy atom. The quantitative estimate of drug-likeness (QED) is 0.0912. The number of aromatic nitrogens is 4. The van der Waals surface area contributed by atoms with Crippen LogP contribution in [0, 0.1) is 0 Å². The number of rotatable bonds is 11. The number of hydrogen-bond acceptors (Lipinski definition) is 4. The van der Waals surface area contributed by atoms with Gasteiger partial charge in [0.25, 0.3) is 0 Å². The Labute approximate surface area is 332 Å². The Kier molecular flexibility index (Phi) is 10.2. The monoisotopic (exact) mass is 746 g/mol. The van der Waals surface area contributed by atoms with Crippen LogP contribution in [-0.2, 0) is 0 Å². The standard InChI is InChI=1S/C50H42N4OS/c56-33-13-2-1-12-32-55-38-22-20-37(21-23-38)50-45-30-28-43(53-45)48(35-16-8-4-9-17-35)41-26-24-39(51-41)47(34-14-6-3-7-15-34)40-25-27-42(52-40)49(36-18-10-5-11-19-36)44-29-31-46(50)54-44/h3-11,14-31,51,54,56H,1-2,12-13,32-33H2. The number of nitrogens with one attached hydrogen (secondary N) is 2. The van der Waals surface area contributed by atoms with Crippen LogP contribution in [0.15, 0.2) is 140 Å². The van der Waals surface area contributed by atoms with Crippen molar-refractivity contribution in [1.82, 2.24) is 19.9 Å². The van der Waals surface area contributed by atoms with Crippen molar-refractivity contribution < 1.29 is 4.74 Å². The second-order valence-electron chi connectivity index (χ2n) is 14.1. The summed E-state index contributed by atoms with van der Waals surface area (Å²) < 4.78 is 6.16. The molecule has 274 valence electrons. The number of nitrogens with zero attached hydrogens (tertiary/aromatic N) is 2. The second-order valence-corrected chi connectivity index (χ2v) is 14.6. The van der Waals surface area contributed by atoms with E-state index >= 15 is 0 Å². The first kappa shape index (κ1) is 35.3. The summed E-state index contributed by atoms with van der Waals surface area (Å²) in [6, 6.07) is 48.6. The second kappa shape index (κ2) is 16.2. The lowest BCUT2D eigenvalue weighted by Gasteiger charge is -2.09. The molecule has 2 aliphatic heterocycles. The summed E-state index contributed by atoms with van der Waals surface area (Å²) in [5, 5.41) is 0. The molecule has 4 aromatic carbocycles. The fraction of sp³-hybridized carbons (Fsp3) is 0.120. The minimum absolute atomic E-state index is 0.703. The van der Waals surface area contributed by atoms with Gasteiger partial charge in [0.2, 0.25) is 0 Å². The zero-order valence-corrected chi connectivity index (χ0v) is 32.0. The topological polar surface area (TPSA) is 66.6 Å². The number of H-pyrrole nitrogens is 2. The van der Waals surface area contributed by atoms with E-state index in [1.54, 1.807) is 0 Å². The summed E-state index contributed by atoms with van der Waals surface area (Å²) in [6.07, 6.45) is 13.1. The SMILES string of the molecule is SCCCCCCOc1ccc(-c2c3nc(c(-c4ccccc4)c4ccc([nH]4)c(-c4ccccc4)c4nc(c(-c5ccccc5)c5ccc2[nH]5)C=C4)C=C3)cc1. The molecule has 0 radical (unpaired) electrons. The molecule has 3 aromatic heterocycles. The van der Waals surface area contributed by atoms with E-state index in [9.17, 15) is 0 Å². The summed E-state index contributed by atoms with van der Waals surface area (Å²) in [6.45, 7) is 0.703. The minimum Gasteiger partial charge on any atom is -0.494 e. The van der Waals surface area contributed by atoms with E-state index in [0.29, 0.717) is 6.61 Å². The number of fused-ring (bicyclic) bond motifs is 8. The molecule has 7 aromatic rings. The van der Waals surface area contributed by atoms with Crippen molar-refractivity contribution in [3.8, 4) is 50.3 Å². The molecule has 0 aliphatic carbocycles. The highest BCUT2D eigenvalue weighted by Gasteiger charge is 2.19. The lowest BCUT2D eigenvalue weighted by molar-refractivity contribution is 0.305. The minimum atomic E-state index is 0.703. The Hall–Kier alpha value is -6.37. The van der Waals surface area contributed by atoms with Crippen LogP contribution >= 0.6 is 12.6 Å². The predicted octanol–water partition coefficient (Wildman–Crippen LogP) is 13.2. The summed E-state index contributed by atoms with van der Waals surface area (Å²) in [4.78, 5) is 18.5. The fourth-order valence-electron chi connectivity index (χ4n) is 7.71. The van der Waals surface area contributed by atoms with Gasteiger partial charge in [0.15, 0.2) is 0 Å². The molecule has 0 unspecified atom stereocenters. The van der Waals surface area contributed by atoms with Crippen LogP contribution in [-0.4, -0.2) is 32.3 Å². The molecule has 56 heavy (non-hydrogen) atoms. The van der Waals surface area contributed by atoms with Gasteiger partial charge in [-0.2, -0.15) is 12.6 Å². The van der Waals surface area contributed by atoms with Crippen LogP contribution in [0.1, 0.15) is 48.5 Å². The summed E-state index contributed by atoms with van der Waals surface area (Å²) in [5.41, 5.74) is 15.9. The van der Waals surface area contributed by atoms with Gasteiger partial charge in [0.1, 0.15) is 5.75 Å². The summed E-state index contributed by atoms with van der Waals surface area (Å²) in [7, 11) is 0. The molecule has 2 aliphatic rings. The third-order valence-corrected chi connectivity index (χ3v) is 10.7. The van der Waals surface area contributed by atoms with E-state index in [0.717, 1.165) is 120 Å². The van der Waals surface area contributed by atoms with E-state index in [-0.39, 0.29) is 0 Å². The van der Waals surface area contributed by atoms with Crippen molar-refractivity contribution in [1.29, 1.82) is 0 Å².